The highest BCUT2D eigenvalue weighted by Gasteiger charge is 2.31. The van der Waals surface area contributed by atoms with Gasteiger partial charge < -0.3 is 10.3 Å². The molecule has 1 fully saturated rings. The molecule has 0 amide bonds. The summed E-state index contributed by atoms with van der Waals surface area (Å²) in [7, 11) is 0. The highest BCUT2D eigenvalue weighted by Crippen LogP contribution is 2.37. The predicted molar refractivity (Wildman–Crippen MR) is 72.5 cm³/mol. The van der Waals surface area contributed by atoms with Crippen molar-refractivity contribution in [3.05, 3.63) is 53.9 Å². The Kier molecular flexibility index (Phi) is 3.60. The Morgan fingerprint density at radius 2 is 2.16 bits per heavy atom. The Hall–Kier alpha value is -1.68. The van der Waals surface area contributed by atoms with Crippen LogP contribution in [0.3, 0.4) is 0 Å². The van der Waals surface area contributed by atoms with Gasteiger partial charge in [-0.3, -0.25) is 0 Å². The number of aromatic nitrogens is 2. The molecule has 100 valence electrons. The van der Waals surface area contributed by atoms with Crippen LogP contribution < -0.4 is 5.32 Å². The van der Waals surface area contributed by atoms with Crippen LogP contribution in [0, 0.1) is 5.82 Å². The average molecular weight is 259 g/mol. The first kappa shape index (κ1) is 12.4. The zero-order chi connectivity index (χ0) is 13.1. The molecule has 0 unspecified atom stereocenters. The minimum Gasteiger partial charge on any atom is -0.348 e. The lowest BCUT2D eigenvalue weighted by Gasteiger charge is -2.36. The average Bonchev–Trinajstić information content (AvgIpc) is 2.87. The summed E-state index contributed by atoms with van der Waals surface area (Å²) >= 11 is 0. The van der Waals surface area contributed by atoms with Gasteiger partial charge in [0, 0.05) is 30.9 Å². The summed E-state index contributed by atoms with van der Waals surface area (Å²) in [6.07, 6.45) is 6.58. The van der Waals surface area contributed by atoms with Crippen LogP contribution in [0.5, 0.6) is 0 Å². The van der Waals surface area contributed by atoms with E-state index in [0.717, 1.165) is 37.1 Å². The first-order valence-corrected chi connectivity index (χ1v) is 6.78. The zero-order valence-electron chi connectivity index (χ0n) is 10.8. The lowest BCUT2D eigenvalue weighted by atomic mass is 9.75. The van der Waals surface area contributed by atoms with Crippen molar-refractivity contribution < 1.29 is 4.39 Å². The lowest BCUT2D eigenvalue weighted by Crippen LogP contribution is -2.41. The molecule has 3 rings (SSSR count). The molecule has 1 aromatic heterocycles. The smallest absolute Gasteiger partial charge is 0.126 e. The van der Waals surface area contributed by atoms with Gasteiger partial charge in [-0.25, -0.2) is 9.37 Å². The molecule has 1 aromatic carbocycles. The van der Waals surface area contributed by atoms with E-state index in [1.807, 2.05) is 18.3 Å². The second kappa shape index (κ2) is 5.53. The Morgan fingerprint density at radius 1 is 1.32 bits per heavy atom. The van der Waals surface area contributed by atoms with E-state index in [1.54, 1.807) is 18.5 Å². The van der Waals surface area contributed by atoms with Crippen molar-refractivity contribution in [1.29, 1.82) is 0 Å². The third kappa shape index (κ3) is 2.84. The van der Waals surface area contributed by atoms with Gasteiger partial charge in [-0.2, -0.15) is 0 Å². The molecule has 1 aliphatic rings. The maximum atomic E-state index is 13.6. The first-order chi connectivity index (χ1) is 9.33. The van der Waals surface area contributed by atoms with Crippen LogP contribution in [0.25, 0.3) is 0 Å². The number of imidazole rings is 1. The molecule has 1 aliphatic carbocycles. The minimum absolute atomic E-state index is 0.0663. The van der Waals surface area contributed by atoms with E-state index >= 15 is 0 Å². The van der Waals surface area contributed by atoms with Crippen molar-refractivity contribution in [1.82, 2.24) is 15.3 Å². The lowest BCUT2D eigenvalue weighted by molar-refractivity contribution is 0.287. The number of aromatic amines is 1. The number of benzene rings is 1. The van der Waals surface area contributed by atoms with Gasteiger partial charge in [0.05, 0.1) is 6.33 Å². The van der Waals surface area contributed by atoms with E-state index in [4.69, 9.17) is 0 Å². The number of nitrogens with one attached hydrogen (secondary N) is 2. The van der Waals surface area contributed by atoms with Crippen LogP contribution in [0.1, 0.15) is 30.0 Å². The van der Waals surface area contributed by atoms with Crippen LogP contribution in [-0.2, 0) is 6.42 Å². The number of hydrogen-bond donors (Lipinski definition) is 2. The van der Waals surface area contributed by atoms with Crippen molar-refractivity contribution in [2.45, 2.75) is 31.2 Å². The van der Waals surface area contributed by atoms with Gasteiger partial charge in [0.1, 0.15) is 5.82 Å². The van der Waals surface area contributed by atoms with E-state index in [1.165, 1.54) is 0 Å². The van der Waals surface area contributed by atoms with E-state index < -0.39 is 0 Å². The van der Waals surface area contributed by atoms with E-state index in [0.29, 0.717) is 12.0 Å². The predicted octanol–water partition coefficient (Wildman–Crippen LogP) is 2.63. The Morgan fingerprint density at radius 3 is 2.89 bits per heavy atom. The third-order valence-electron chi connectivity index (χ3n) is 3.87. The summed E-state index contributed by atoms with van der Waals surface area (Å²) in [5, 5.41) is 3.51. The van der Waals surface area contributed by atoms with E-state index in [-0.39, 0.29) is 5.82 Å². The molecule has 0 saturated heterocycles. The quantitative estimate of drug-likeness (QED) is 0.866. The minimum atomic E-state index is -0.0663. The summed E-state index contributed by atoms with van der Waals surface area (Å²) in [4.78, 5) is 7.08. The molecule has 4 heteroatoms. The number of rotatable bonds is 5. The van der Waals surface area contributed by atoms with Crippen LogP contribution in [0.4, 0.5) is 4.39 Å². The molecule has 3 nitrogen and oxygen atoms in total. The number of H-pyrrole nitrogens is 1. The Bertz CT molecular complexity index is 518. The van der Waals surface area contributed by atoms with Crippen molar-refractivity contribution in [3.8, 4) is 0 Å². The van der Waals surface area contributed by atoms with Crippen molar-refractivity contribution in [2.75, 3.05) is 6.54 Å². The maximum absolute atomic E-state index is 13.6. The van der Waals surface area contributed by atoms with Gasteiger partial charge in [0.2, 0.25) is 0 Å². The molecule has 0 atom stereocenters. The normalized spacial score (nSPS) is 22.2. The van der Waals surface area contributed by atoms with Crippen LogP contribution in [0.15, 0.2) is 36.8 Å². The van der Waals surface area contributed by atoms with Gasteiger partial charge in [-0.1, -0.05) is 18.2 Å². The SMILES string of the molecule is Fc1ccccc1C1CC(NCCc2cnc[nH]2)C1. The zero-order valence-corrected chi connectivity index (χ0v) is 10.8. The molecule has 2 N–H and O–H groups in total. The fraction of sp³-hybridized carbons (Fsp3) is 0.400. The van der Waals surface area contributed by atoms with Gasteiger partial charge >= 0.3 is 0 Å². The van der Waals surface area contributed by atoms with Crippen molar-refractivity contribution in [3.63, 3.8) is 0 Å². The van der Waals surface area contributed by atoms with Gasteiger partial charge in [-0.15, -0.1) is 0 Å². The molecule has 1 saturated carbocycles. The van der Waals surface area contributed by atoms with Gasteiger partial charge in [-0.05, 0) is 30.4 Å². The van der Waals surface area contributed by atoms with Crippen LogP contribution >= 0.6 is 0 Å². The highest BCUT2D eigenvalue weighted by atomic mass is 19.1. The molecule has 19 heavy (non-hydrogen) atoms. The summed E-state index contributed by atoms with van der Waals surface area (Å²) in [6, 6.07) is 7.64. The molecule has 0 radical (unpaired) electrons. The first-order valence-electron chi connectivity index (χ1n) is 6.78. The highest BCUT2D eigenvalue weighted by molar-refractivity contribution is 5.24. The molecule has 0 bridgehead atoms. The maximum Gasteiger partial charge on any atom is 0.126 e. The van der Waals surface area contributed by atoms with Gasteiger partial charge in [0.25, 0.3) is 0 Å². The molecule has 0 spiro atoms. The monoisotopic (exact) mass is 259 g/mol. The second-order valence-electron chi connectivity index (χ2n) is 5.17. The number of nitrogens with zero attached hydrogens (tertiary/aromatic N) is 1. The van der Waals surface area contributed by atoms with Crippen LogP contribution in [-0.4, -0.2) is 22.6 Å². The van der Waals surface area contributed by atoms with E-state index in [9.17, 15) is 4.39 Å². The van der Waals surface area contributed by atoms with Crippen molar-refractivity contribution in [2.24, 2.45) is 0 Å². The molecular weight excluding hydrogens is 241 g/mol. The molecule has 2 aromatic rings. The number of hydrogen-bond acceptors (Lipinski definition) is 2. The van der Waals surface area contributed by atoms with Crippen LogP contribution in [0.2, 0.25) is 0 Å². The topological polar surface area (TPSA) is 40.7 Å². The largest absolute Gasteiger partial charge is 0.348 e. The summed E-state index contributed by atoms with van der Waals surface area (Å²) < 4.78 is 13.6. The molecule has 0 aliphatic heterocycles. The Labute approximate surface area is 112 Å². The summed E-state index contributed by atoms with van der Waals surface area (Å²) in [5.74, 6) is 0.314. The number of halogens is 1. The summed E-state index contributed by atoms with van der Waals surface area (Å²) in [5.41, 5.74) is 2.02. The fourth-order valence-corrected chi connectivity index (χ4v) is 2.68. The van der Waals surface area contributed by atoms with Crippen molar-refractivity contribution >= 4 is 0 Å². The van der Waals surface area contributed by atoms with Gasteiger partial charge in [0.15, 0.2) is 0 Å². The standard InChI is InChI=1S/C15H18FN3/c16-15-4-2-1-3-14(15)11-7-13(8-11)18-6-5-12-9-17-10-19-12/h1-4,9-11,13,18H,5-8H2,(H,17,19). The van der Waals surface area contributed by atoms with E-state index in [2.05, 4.69) is 15.3 Å². The Balaban J connectivity index is 1.42. The fourth-order valence-electron chi connectivity index (χ4n) is 2.68. The molecular formula is C15H18FN3. The third-order valence-corrected chi connectivity index (χ3v) is 3.87. The summed E-state index contributed by atoms with van der Waals surface area (Å²) in [6.45, 7) is 0.941. The molecule has 1 heterocycles. The second-order valence-corrected chi connectivity index (χ2v) is 5.17.